The smallest absolute Gasteiger partial charge is 1.00 e. The van der Waals surface area contributed by atoms with E-state index in [2.05, 4.69) is 23.9 Å². The summed E-state index contributed by atoms with van der Waals surface area (Å²) < 4.78 is 14.4. The van der Waals surface area contributed by atoms with Crippen LogP contribution in [-0.2, 0) is 33.4 Å². The Morgan fingerprint density at radius 1 is 1.00 bits per heavy atom. The minimum absolute atomic E-state index is 0. The van der Waals surface area contributed by atoms with Gasteiger partial charge in [0.1, 0.15) is 0 Å². The number of fused-ring (bicyclic) bond motifs is 1. The summed E-state index contributed by atoms with van der Waals surface area (Å²) in [5, 5.41) is 0. The van der Waals surface area contributed by atoms with Crippen molar-refractivity contribution in [3.63, 3.8) is 0 Å². The Balaban J connectivity index is 0.00000112. The van der Waals surface area contributed by atoms with Crippen LogP contribution >= 0.6 is 0 Å². The zero-order valence-corrected chi connectivity index (χ0v) is 11.0. The Bertz CT molecular complexity index is 275. The average Bonchev–Trinajstić information content (AvgIpc) is 2.21. The van der Waals surface area contributed by atoms with Gasteiger partial charge in [-0.05, 0) is 0 Å². The van der Waals surface area contributed by atoms with Gasteiger partial charge in [0.15, 0.2) is 0 Å². The first-order valence-corrected chi connectivity index (χ1v) is 5.24. The monoisotopic (exact) mass is 361 g/mol. The molecule has 1 saturated heterocycles. The van der Waals surface area contributed by atoms with Crippen LogP contribution in [0.15, 0.2) is 0 Å². The molecule has 0 amide bonds. The number of carbonyl (C=O) groups excluding carboxylic acids is 2. The van der Waals surface area contributed by atoms with E-state index in [0.29, 0.717) is 17.2 Å². The van der Waals surface area contributed by atoms with Gasteiger partial charge in [-0.15, -0.1) is 0 Å². The summed E-state index contributed by atoms with van der Waals surface area (Å²) in [6.45, 7) is 0. The predicted octanol–water partition coefficient (Wildman–Crippen LogP) is -4.45. The molecule has 0 bridgehead atoms. The molecule has 0 aromatic rings. The summed E-state index contributed by atoms with van der Waals surface area (Å²) >= 11 is 3.17. The van der Waals surface area contributed by atoms with Crippen LogP contribution < -0.4 is 24.8 Å². The second-order valence-corrected chi connectivity index (χ2v) is 4.54. The Morgan fingerprint density at radius 2 is 1.56 bits per heavy atom. The molecular weight excluding hydrogens is 353 g/mol. The Kier molecular flexibility index (Phi) is 6.65. The molecule has 5 nitrogen and oxygen atoms in total. The summed E-state index contributed by atoms with van der Waals surface area (Å²) in [5.41, 5.74) is 0. The molecule has 1 heterocycles. The van der Waals surface area contributed by atoms with E-state index in [-0.39, 0.29) is 37.0 Å². The molecule has 3 atom stereocenters. The quantitative estimate of drug-likeness (QED) is 0.247. The number of hydrogen-bond acceptors (Lipinski definition) is 5. The minimum atomic E-state index is -0.964. The van der Waals surface area contributed by atoms with E-state index in [9.17, 15) is 9.59 Å². The topological polar surface area (TPSA) is 61.8 Å². The number of ether oxygens (including phenoxy) is 3. The van der Waals surface area contributed by atoms with Crippen molar-refractivity contribution < 1.29 is 67.8 Å². The first kappa shape index (κ1) is 16.0. The number of cyclic esters (lactones) is 2. The third kappa shape index (κ3) is 3.78. The van der Waals surface area contributed by atoms with E-state index >= 15 is 0 Å². The van der Waals surface area contributed by atoms with E-state index in [1.807, 2.05) is 0 Å². The van der Waals surface area contributed by atoms with Crippen LogP contribution in [0.25, 0.3) is 0 Å². The van der Waals surface area contributed by atoms with E-state index in [1.54, 1.807) is 0 Å². The Morgan fingerprint density at radius 3 is 2.19 bits per heavy atom. The molecule has 3 unspecified atom stereocenters. The van der Waals surface area contributed by atoms with Crippen LogP contribution in [0.1, 0.15) is 19.3 Å². The SMILES string of the molecule is O=C1OC(=O)OC2C[CH]([Pd+2])CCC2O1.[Cl-].[Cl-]. The van der Waals surface area contributed by atoms with Crippen molar-refractivity contribution in [2.75, 3.05) is 0 Å². The molecule has 0 aromatic carbocycles. The van der Waals surface area contributed by atoms with Gasteiger partial charge in [-0.1, -0.05) is 0 Å². The number of halogens is 2. The van der Waals surface area contributed by atoms with Gasteiger partial charge in [0, 0.05) is 0 Å². The van der Waals surface area contributed by atoms with Crippen LogP contribution in [0.5, 0.6) is 0 Å². The van der Waals surface area contributed by atoms with Crippen molar-refractivity contribution in [1.29, 1.82) is 0 Å². The molecule has 0 spiro atoms. The average molecular weight is 362 g/mol. The maximum Gasteiger partial charge on any atom is -1.00 e. The molecule has 1 aliphatic heterocycles. The summed E-state index contributed by atoms with van der Waals surface area (Å²) in [7, 11) is 0. The molecule has 16 heavy (non-hydrogen) atoms. The molecule has 2 rings (SSSR count). The second-order valence-electron chi connectivity index (χ2n) is 3.27. The van der Waals surface area contributed by atoms with Crippen LogP contribution in [0.2, 0.25) is 4.39 Å². The van der Waals surface area contributed by atoms with E-state index in [0.717, 1.165) is 6.42 Å². The summed E-state index contributed by atoms with van der Waals surface area (Å²) in [5.74, 6) is 0. The van der Waals surface area contributed by atoms with Crippen molar-refractivity contribution in [3.05, 3.63) is 0 Å². The van der Waals surface area contributed by atoms with E-state index in [1.165, 1.54) is 0 Å². The van der Waals surface area contributed by atoms with Gasteiger partial charge in [0.25, 0.3) is 0 Å². The molecule has 95 valence electrons. The van der Waals surface area contributed by atoms with Crippen LogP contribution in [0.4, 0.5) is 9.59 Å². The zero-order chi connectivity index (χ0) is 10.1. The van der Waals surface area contributed by atoms with Gasteiger partial charge in [0.2, 0.25) is 0 Å². The summed E-state index contributed by atoms with van der Waals surface area (Å²) in [4.78, 5) is 21.8. The molecule has 1 aliphatic carbocycles. The summed E-state index contributed by atoms with van der Waals surface area (Å²) in [6, 6.07) is 0. The van der Waals surface area contributed by atoms with Crippen molar-refractivity contribution in [2.24, 2.45) is 0 Å². The van der Waals surface area contributed by atoms with Gasteiger partial charge >= 0.3 is 91.2 Å². The maximum atomic E-state index is 10.9. The fourth-order valence-electron chi connectivity index (χ4n) is 1.65. The first-order chi connectivity index (χ1) is 6.65. The van der Waals surface area contributed by atoms with Crippen molar-refractivity contribution in [2.45, 2.75) is 35.9 Å². The third-order valence-corrected chi connectivity index (χ3v) is 3.11. The Hall–Kier alpha value is -0.0177. The molecule has 2 aliphatic rings. The molecule has 0 N–H and O–H groups in total. The van der Waals surface area contributed by atoms with Crippen LogP contribution in [0.3, 0.4) is 0 Å². The number of carbonyl (C=O) groups is 2. The molecule has 2 fully saturated rings. The molecule has 0 radical (unpaired) electrons. The van der Waals surface area contributed by atoms with E-state index < -0.39 is 12.3 Å². The van der Waals surface area contributed by atoms with Crippen molar-refractivity contribution in [1.82, 2.24) is 0 Å². The van der Waals surface area contributed by atoms with Gasteiger partial charge < -0.3 is 24.8 Å². The third-order valence-electron chi connectivity index (χ3n) is 2.30. The van der Waals surface area contributed by atoms with Crippen LogP contribution in [0, 0.1) is 0 Å². The zero-order valence-electron chi connectivity index (χ0n) is 7.97. The summed E-state index contributed by atoms with van der Waals surface area (Å²) in [6.07, 6.45) is -0.382. The van der Waals surface area contributed by atoms with Crippen LogP contribution in [-0.4, -0.2) is 24.5 Å². The standard InChI is InChI=1S/C8H9O5.2ClH.Pd/c9-7-11-5-3-1-2-4-6(5)12-8(10)13-7;;;/h1,5-6H,2-4H2;2*1H;/q;;;+2/p-2. The number of hydrogen-bond donors (Lipinski definition) is 0. The van der Waals surface area contributed by atoms with E-state index in [4.69, 9.17) is 9.47 Å². The van der Waals surface area contributed by atoms with Gasteiger partial charge in [-0.25, -0.2) is 0 Å². The minimum Gasteiger partial charge on any atom is -1.00 e. The maximum absolute atomic E-state index is 10.9. The normalized spacial score (nSPS) is 32.7. The number of rotatable bonds is 0. The fourth-order valence-corrected chi connectivity index (χ4v) is 2.27. The van der Waals surface area contributed by atoms with Crippen molar-refractivity contribution in [3.8, 4) is 0 Å². The van der Waals surface area contributed by atoms with Crippen molar-refractivity contribution >= 4 is 12.3 Å². The fraction of sp³-hybridized carbons (Fsp3) is 0.750. The van der Waals surface area contributed by atoms with Gasteiger partial charge in [-0.3, -0.25) is 0 Å². The molecule has 8 heteroatoms. The predicted molar refractivity (Wildman–Crippen MR) is 39.2 cm³/mol. The largest absolute Gasteiger partial charge is 1.00 e. The Labute approximate surface area is 116 Å². The second kappa shape index (κ2) is 6.65. The molecular formula is C8H9Cl2O5Pd. The molecule has 0 aromatic heterocycles. The van der Waals surface area contributed by atoms with Gasteiger partial charge in [-0.2, -0.15) is 0 Å². The van der Waals surface area contributed by atoms with Gasteiger partial charge in [0.05, 0.1) is 0 Å². The molecule has 1 saturated carbocycles. The first-order valence-electron chi connectivity index (χ1n) is 4.35.